The monoisotopic (exact) mass is 370 g/mol. The minimum Gasteiger partial charge on any atom is -0.480 e. The standard InChI is InChI=1S/C17H14N4O6/c22-17(23)14(8-10-9-18-12-5-2-1-4-11(10)12)19-13-6-3-7-15(20(24)25)16(13)21(26)27/h1-7,9,14,18-19H,8H2,(H,22,23)/t14-/m0/s1. The number of para-hydroxylation sites is 2. The lowest BCUT2D eigenvalue weighted by molar-refractivity contribution is -0.421. The molecule has 2 aromatic carbocycles. The van der Waals surface area contributed by atoms with E-state index in [1.165, 1.54) is 12.1 Å². The van der Waals surface area contributed by atoms with Gasteiger partial charge in [0.05, 0.1) is 9.85 Å². The molecule has 1 atom stereocenters. The summed E-state index contributed by atoms with van der Waals surface area (Å²) in [5, 5.41) is 35.3. The van der Waals surface area contributed by atoms with Gasteiger partial charge in [0.25, 0.3) is 0 Å². The molecule has 10 nitrogen and oxygen atoms in total. The van der Waals surface area contributed by atoms with Gasteiger partial charge in [0.15, 0.2) is 0 Å². The van der Waals surface area contributed by atoms with Crippen LogP contribution in [0.1, 0.15) is 5.56 Å². The Bertz CT molecular complexity index is 1040. The zero-order chi connectivity index (χ0) is 19.6. The number of nitro groups is 2. The summed E-state index contributed by atoms with van der Waals surface area (Å²) >= 11 is 0. The molecule has 1 heterocycles. The number of anilines is 1. The van der Waals surface area contributed by atoms with Crippen molar-refractivity contribution in [1.82, 2.24) is 4.98 Å². The number of nitrogens with one attached hydrogen (secondary N) is 2. The maximum Gasteiger partial charge on any atom is 0.368 e. The molecule has 0 aliphatic rings. The minimum absolute atomic E-state index is 0.0270. The number of nitro benzene ring substituents is 2. The summed E-state index contributed by atoms with van der Waals surface area (Å²) in [5.74, 6) is -1.24. The fourth-order valence-corrected chi connectivity index (χ4v) is 2.90. The summed E-state index contributed by atoms with van der Waals surface area (Å²) in [6.07, 6.45) is 1.70. The van der Waals surface area contributed by atoms with Crippen molar-refractivity contribution in [3.63, 3.8) is 0 Å². The number of rotatable bonds is 7. The van der Waals surface area contributed by atoms with Gasteiger partial charge in [-0.3, -0.25) is 20.2 Å². The van der Waals surface area contributed by atoms with Crippen molar-refractivity contribution < 1.29 is 19.7 Å². The Morgan fingerprint density at radius 2 is 1.85 bits per heavy atom. The molecule has 0 bridgehead atoms. The van der Waals surface area contributed by atoms with Gasteiger partial charge in [-0.15, -0.1) is 0 Å². The van der Waals surface area contributed by atoms with E-state index in [0.29, 0.717) is 5.56 Å². The van der Waals surface area contributed by atoms with Crippen LogP contribution >= 0.6 is 0 Å². The summed E-state index contributed by atoms with van der Waals surface area (Å²) in [7, 11) is 0. The highest BCUT2D eigenvalue weighted by Gasteiger charge is 2.31. The molecule has 10 heteroatoms. The van der Waals surface area contributed by atoms with E-state index < -0.39 is 33.2 Å². The number of aliphatic carboxylic acids is 1. The van der Waals surface area contributed by atoms with Crippen LogP contribution in [0.15, 0.2) is 48.7 Å². The Kier molecular flexibility index (Phi) is 4.71. The van der Waals surface area contributed by atoms with Crippen LogP contribution in [0.3, 0.4) is 0 Å². The van der Waals surface area contributed by atoms with Crippen LogP contribution in [0.4, 0.5) is 17.1 Å². The van der Waals surface area contributed by atoms with E-state index in [0.717, 1.165) is 17.0 Å². The van der Waals surface area contributed by atoms with Gasteiger partial charge in [0.1, 0.15) is 11.7 Å². The number of aromatic nitrogens is 1. The molecule has 27 heavy (non-hydrogen) atoms. The number of fused-ring (bicyclic) bond motifs is 1. The zero-order valence-electron chi connectivity index (χ0n) is 13.8. The third kappa shape index (κ3) is 3.54. The average molecular weight is 370 g/mol. The molecule has 0 spiro atoms. The molecule has 3 aromatic rings. The largest absolute Gasteiger partial charge is 0.480 e. The van der Waals surface area contributed by atoms with E-state index >= 15 is 0 Å². The molecule has 3 rings (SSSR count). The average Bonchev–Trinajstić information content (AvgIpc) is 3.03. The molecule has 0 radical (unpaired) electrons. The fraction of sp³-hybridized carbons (Fsp3) is 0.118. The first-order chi connectivity index (χ1) is 12.9. The van der Waals surface area contributed by atoms with Crippen LogP contribution in [0.25, 0.3) is 10.9 Å². The van der Waals surface area contributed by atoms with E-state index in [1.807, 2.05) is 24.3 Å². The molecular weight excluding hydrogens is 356 g/mol. The molecule has 0 aliphatic carbocycles. The number of benzene rings is 2. The van der Waals surface area contributed by atoms with Crippen molar-refractivity contribution >= 4 is 33.9 Å². The number of carboxylic acids is 1. The summed E-state index contributed by atoms with van der Waals surface area (Å²) in [5.41, 5.74) is -0.160. The molecular formula is C17H14N4O6. The van der Waals surface area contributed by atoms with Gasteiger partial charge >= 0.3 is 17.3 Å². The van der Waals surface area contributed by atoms with Crippen molar-refractivity contribution in [2.45, 2.75) is 12.5 Å². The Morgan fingerprint density at radius 1 is 1.11 bits per heavy atom. The number of aromatic amines is 1. The predicted octanol–water partition coefficient (Wildman–Crippen LogP) is 3.09. The number of hydrogen-bond donors (Lipinski definition) is 3. The van der Waals surface area contributed by atoms with Gasteiger partial charge in [0.2, 0.25) is 0 Å². The van der Waals surface area contributed by atoms with Crippen molar-refractivity contribution in [2.24, 2.45) is 0 Å². The lowest BCUT2D eigenvalue weighted by atomic mass is 10.0. The van der Waals surface area contributed by atoms with Crippen molar-refractivity contribution in [2.75, 3.05) is 5.32 Å². The van der Waals surface area contributed by atoms with Crippen LogP contribution in [-0.2, 0) is 11.2 Å². The first kappa shape index (κ1) is 17.9. The Morgan fingerprint density at radius 3 is 2.52 bits per heavy atom. The van der Waals surface area contributed by atoms with Gasteiger partial charge in [-0.05, 0) is 17.7 Å². The van der Waals surface area contributed by atoms with Crippen LogP contribution in [0, 0.1) is 20.2 Å². The van der Waals surface area contributed by atoms with E-state index in [9.17, 15) is 30.1 Å². The van der Waals surface area contributed by atoms with Crippen LogP contribution in [0.5, 0.6) is 0 Å². The van der Waals surface area contributed by atoms with E-state index in [-0.39, 0.29) is 12.1 Å². The smallest absolute Gasteiger partial charge is 0.368 e. The number of carboxylic acid groups (broad SMARTS) is 1. The number of hydrogen-bond acceptors (Lipinski definition) is 6. The van der Waals surface area contributed by atoms with Gasteiger partial charge < -0.3 is 15.4 Å². The lowest BCUT2D eigenvalue weighted by Crippen LogP contribution is -2.31. The van der Waals surface area contributed by atoms with Crippen molar-refractivity contribution in [3.05, 3.63) is 74.5 Å². The van der Waals surface area contributed by atoms with E-state index in [4.69, 9.17) is 0 Å². The third-order valence-electron chi connectivity index (χ3n) is 4.12. The molecule has 0 aliphatic heterocycles. The van der Waals surface area contributed by atoms with Gasteiger partial charge in [-0.1, -0.05) is 24.3 Å². The molecule has 0 saturated carbocycles. The Balaban J connectivity index is 1.96. The molecule has 138 valence electrons. The maximum atomic E-state index is 11.7. The molecule has 0 fully saturated rings. The predicted molar refractivity (Wildman–Crippen MR) is 96.8 cm³/mol. The normalized spacial score (nSPS) is 11.9. The molecule has 0 saturated heterocycles. The van der Waals surface area contributed by atoms with E-state index in [1.54, 1.807) is 6.20 Å². The first-order valence-corrected chi connectivity index (χ1v) is 7.84. The minimum atomic E-state index is -1.24. The SMILES string of the molecule is O=C(O)[C@H](Cc1c[nH]c2ccccc12)Nc1cccc([N+](=O)[O-])c1[N+](=O)[O-]. The zero-order valence-corrected chi connectivity index (χ0v) is 13.8. The van der Waals surface area contributed by atoms with Gasteiger partial charge in [-0.25, -0.2) is 4.79 Å². The van der Waals surface area contributed by atoms with Crippen LogP contribution < -0.4 is 5.32 Å². The van der Waals surface area contributed by atoms with Crippen LogP contribution in [0.2, 0.25) is 0 Å². The summed E-state index contributed by atoms with van der Waals surface area (Å²) < 4.78 is 0. The summed E-state index contributed by atoms with van der Waals surface area (Å²) in [4.78, 5) is 35.3. The third-order valence-corrected chi connectivity index (χ3v) is 4.12. The highest BCUT2D eigenvalue weighted by Crippen LogP contribution is 2.35. The number of carbonyl (C=O) groups is 1. The highest BCUT2D eigenvalue weighted by atomic mass is 16.6. The van der Waals surface area contributed by atoms with Crippen LogP contribution in [-0.4, -0.2) is 31.9 Å². The summed E-state index contributed by atoms with van der Waals surface area (Å²) in [6, 6.07) is 9.61. The lowest BCUT2D eigenvalue weighted by Gasteiger charge is -2.15. The highest BCUT2D eigenvalue weighted by molar-refractivity contribution is 5.86. The molecule has 3 N–H and O–H groups in total. The second kappa shape index (κ2) is 7.12. The molecule has 1 aromatic heterocycles. The second-order valence-corrected chi connectivity index (χ2v) is 5.79. The number of H-pyrrole nitrogens is 1. The molecule has 0 unspecified atom stereocenters. The maximum absolute atomic E-state index is 11.7. The first-order valence-electron chi connectivity index (χ1n) is 7.84. The van der Waals surface area contributed by atoms with Gasteiger partial charge in [0, 0.05) is 29.6 Å². The summed E-state index contributed by atoms with van der Waals surface area (Å²) in [6.45, 7) is 0. The van der Waals surface area contributed by atoms with Gasteiger partial charge in [-0.2, -0.15) is 0 Å². The van der Waals surface area contributed by atoms with E-state index in [2.05, 4.69) is 10.3 Å². The van der Waals surface area contributed by atoms with Crippen molar-refractivity contribution in [3.8, 4) is 0 Å². The quantitative estimate of drug-likeness (QED) is 0.427. The topological polar surface area (TPSA) is 151 Å². The second-order valence-electron chi connectivity index (χ2n) is 5.79. The number of nitrogens with zero attached hydrogens (tertiary/aromatic N) is 2. The fourth-order valence-electron chi connectivity index (χ4n) is 2.90. The molecule has 0 amide bonds. The Labute approximate surface area is 151 Å². The van der Waals surface area contributed by atoms with Crippen molar-refractivity contribution in [1.29, 1.82) is 0 Å². The Hall–Kier alpha value is -3.95.